The lowest BCUT2D eigenvalue weighted by atomic mass is 9.84. The highest BCUT2D eigenvalue weighted by Crippen LogP contribution is 2.54. The van der Waals surface area contributed by atoms with Crippen molar-refractivity contribution in [2.75, 3.05) is 13.1 Å². The summed E-state index contributed by atoms with van der Waals surface area (Å²) in [5, 5.41) is 32.2. The Kier molecular flexibility index (Phi) is 18.2. The highest BCUT2D eigenvalue weighted by molar-refractivity contribution is 8.02. The molecule has 0 radical (unpaired) electrons. The average molecular weight is 948 g/mol. The number of aliphatic hydroxyl groups is 2. The van der Waals surface area contributed by atoms with Gasteiger partial charge in [-0.05, 0) is 88.6 Å². The second kappa shape index (κ2) is 23.8. The third kappa shape index (κ3) is 14.0. The SMILES string of the molecule is Cc1ncsc1-c1ccc(CNC(=O)[C@@H]2C[C@@H](O)CN2C(=O)[C@@H](NC(O)CCCCCCCCNC(=O)OC(C)(C)C)C(C)(C)SC(c2ccccc2)(c2ccccc2)c2ccccc2)cc1. The van der Waals surface area contributed by atoms with Gasteiger partial charge in [-0.1, -0.05) is 141 Å². The Bertz CT molecular complexity index is 2220. The van der Waals surface area contributed by atoms with Crippen LogP contribution in [0.1, 0.15) is 114 Å². The second-order valence-electron chi connectivity index (χ2n) is 19.0. The number of alkyl carbamates (subject to hydrolysis) is 1. The van der Waals surface area contributed by atoms with Crippen molar-refractivity contribution in [1.82, 2.24) is 25.8 Å². The Balaban J connectivity index is 1.20. The molecule has 1 fully saturated rings. The summed E-state index contributed by atoms with van der Waals surface area (Å²) in [6.07, 6.45) is 3.58. The van der Waals surface area contributed by atoms with Crippen LogP contribution in [-0.2, 0) is 25.6 Å². The molecular weight excluding hydrogens is 879 g/mol. The molecule has 6 rings (SSSR count). The zero-order chi connectivity index (χ0) is 48.0. The fraction of sp³-hybridized carbons (Fsp3) is 0.444. The Morgan fingerprint density at radius 3 is 1.88 bits per heavy atom. The normalized spacial score (nSPS) is 16.3. The summed E-state index contributed by atoms with van der Waals surface area (Å²) in [5.74, 6) is -0.703. The lowest BCUT2D eigenvalue weighted by molar-refractivity contribution is -0.141. The number of carbonyl (C=O) groups is 3. The minimum absolute atomic E-state index is 0.0106. The van der Waals surface area contributed by atoms with Gasteiger partial charge in [0.05, 0.1) is 26.9 Å². The Labute approximate surface area is 405 Å². The van der Waals surface area contributed by atoms with E-state index in [0.29, 0.717) is 13.0 Å². The summed E-state index contributed by atoms with van der Waals surface area (Å²) in [6.45, 7) is 12.4. The van der Waals surface area contributed by atoms with E-state index in [1.165, 1.54) is 4.90 Å². The smallest absolute Gasteiger partial charge is 0.407 e. The number of β-amino-alcohol motifs (C(OH)–C–C–N with tert-alkyl or cyclic N) is 1. The van der Waals surface area contributed by atoms with Crippen LogP contribution in [0.15, 0.2) is 121 Å². The van der Waals surface area contributed by atoms with E-state index in [-0.39, 0.29) is 31.3 Å². The molecule has 0 bridgehead atoms. The predicted molar refractivity (Wildman–Crippen MR) is 271 cm³/mol. The number of hydrogen-bond donors (Lipinski definition) is 5. The quantitative estimate of drug-likeness (QED) is 0.0259. The molecule has 5 N–H and O–H groups in total. The van der Waals surface area contributed by atoms with E-state index in [1.54, 1.807) is 23.1 Å². The van der Waals surface area contributed by atoms with Gasteiger partial charge in [0.1, 0.15) is 23.9 Å². The van der Waals surface area contributed by atoms with Gasteiger partial charge in [-0.25, -0.2) is 9.78 Å². The Morgan fingerprint density at radius 1 is 0.791 bits per heavy atom. The third-order valence-corrected chi connectivity index (χ3v) is 14.9. The molecule has 1 aliphatic heterocycles. The largest absolute Gasteiger partial charge is 0.444 e. The molecule has 5 aromatic rings. The zero-order valence-electron chi connectivity index (χ0n) is 39.9. The van der Waals surface area contributed by atoms with Crippen molar-refractivity contribution in [1.29, 1.82) is 0 Å². The van der Waals surface area contributed by atoms with Crippen LogP contribution in [0.3, 0.4) is 0 Å². The summed E-state index contributed by atoms with van der Waals surface area (Å²) < 4.78 is 3.60. The van der Waals surface area contributed by atoms with Gasteiger partial charge in [0.15, 0.2) is 0 Å². The lowest BCUT2D eigenvalue weighted by Gasteiger charge is -2.45. The Morgan fingerprint density at radius 2 is 1.34 bits per heavy atom. The number of ether oxygens (including phenoxy) is 1. The monoisotopic (exact) mass is 947 g/mol. The maximum Gasteiger partial charge on any atom is 0.407 e. The summed E-state index contributed by atoms with van der Waals surface area (Å²) in [5.41, 5.74) is 7.32. The van der Waals surface area contributed by atoms with E-state index in [4.69, 9.17) is 4.74 Å². The Hall–Kier alpha value is -5.05. The van der Waals surface area contributed by atoms with E-state index in [1.807, 2.05) is 126 Å². The topological polar surface area (TPSA) is 153 Å². The molecule has 1 aliphatic rings. The van der Waals surface area contributed by atoms with E-state index in [2.05, 4.69) is 57.3 Å². The second-order valence-corrected chi connectivity index (χ2v) is 21.7. The summed E-state index contributed by atoms with van der Waals surface area (Å²) in [4.78, 5) is 48.4. The van der Waals surface area contributed by atoms with Gasteiger partial charge in [-0.3, -0.25) is 14.9 Å². The number of thioether (sulfide) groups is 1. The lowest BCUT2D eigenvalue weighted by Crippen LogP contribution is -2.61. The van der Waals surface area contributed by atoms with E-state index in [9.17, 15) is 19.8 Å². The number of amides is 3. The number of thiazole rings is 1. The average Bonchev–Trinajstić information content (AvgIpc) is 3.93. The molecular formula is C54H69N5O6S2. The number of benzene rings is 4. The molecule has 358 valence electrons. The standard InChI is InChI=1S/C54H69N5O6S2/c1-38-47(66-37-57-38)40-31-29-39(30-32-40)35-56-49(62)45-34-44(60)36-59(45)50(63)48(58-46(61)28-20-9-7-8-10-21-33-55-51(64)65-52(2,3)4)53(5,6)67-54(41-22-14-11-15-23-41,42-24-16-12-17-25-42)43-26-18-13-19-27-43/h11-19,22-27,29-32,37,44-46,48,58,60-61H,7-10,20-21,28,33-36H2,1-6H3,(H,55,64)(H,56,62)/t44-,45+,46?,48-/m1/s1. The molecule has 0 saturated carbocycles. The first kappa shape index (κ1) is 51.3. The predicted octanol–water partition coefficient (Wildman–Crippen LogP) is 9.73. The molecule has 1 aromatic heterocycles. The molecule has 1 unspecified atom stereocenters. The summed E-state index contributed by atoms with van der Waals surface area (Å²) >= 11 is 3.22. The van der Waals surface area contributed by atoms with Gasteiger partial charge in [0, 0.05) is 30.8 Å². The van der Waals surface area contributed by atoms with Crippen molar-refractivity contribution in [2.24, 2.45) is 0 Å². The van der Waals surface area contributed by atoms with Crippen LogP contribution in [0.2, 0.25) is 0 Å². The fourth-order valence-electron chi connectivity index (χ4n) is 8.80. The molecule has 3 amide bonds. The highest BCUT2D eigenvalue weighted by atomic mass is 32.2. The number of nitrogens with one attached hydrogen (secondary N) is 3. The highest BCUT2D eigenvalue weighted by Gasteiger charge is 2.50. The minimum atomic E-state index is -1.03. The van der Waals surface area contributed by atoms with E-state index in [0.717, 1.165) is 76.9 Å². The number of nitrogens with zero attached hydrogens (tertiary/aromatic N) is 2. The van der Waals surface area contributed by atoms with E-state index < -0.39 is 45.6 Å². The van der Waals surface area contributed by atoms with Gasteiger partial charge >= 0.3 is 6.09 Å². The fourth-order valence-corrected chi connectivity index (χ4v) is 11.4. The van der Waals surface area contributed by atoms with Crippen molar-refractivity contribution in [2.45, 2.75) is 139 Å². The van der Waals surface area contributed by atoms with E-state index >= 15 is 4.79 Å². The first-order valence-electron chi connectivity index (χ1n) is 23.6. The van der Waals surface area contributed by atoms with Crippen LogP contribution in [0, 0.1) is 6.92 Å². The molecule has 0 spiro atoms. The molecule has 1 saturated heterocycles. The third-order valence-electron chi connectivity index (χ3n) is 12.1. The van der Waals surface area contributed by atoms with Gasteiger partial charge in [-0.2, -0.15) is 0 Å². The maximum atomic E-state index is 15.4. The van der Waals surface area contributed by atoms with Crippen molar-refractivity contribution in [3.05, 3.63) is 149 Å². The van der Waals surface area contributed by atoms with Crippen LogP contribution in [0.4, 0.5) is 4.79 Å². The number of aryl methyl sites for hydroxylation is 1. The molecule has 11 nitrogen and oxygen atoms in total. The number of carbonyl (C=O) groups excluding carboxylic acids is 3. The van der Waals surface area contributed by atoms with Crippen LogP contribution >= 0.6 is 23.1 Å². The minimum Gasteiger partial charge on any atom is -0.444 e. The molecule has 0 aliphatic carbocycles. The summed E-state index contributed by atoms with van der Waals surface area (Å²) in [7, 11) is 0. The zero-order valence-corrected chi connectivity index (χ0v) is 41.5. The first-order chi connectivity index (χ1) is 32.1. The number of aliphatic hydroxyl groups excluding tert-OH is 2. The molecule has 13 heteroatoms. The number of likely N-dealkylation sites (tertiary alicyclic amines) is 1. The van der Waals surface area contributed by atoms with Crippen LogP contribution in [0.5, 0.6) is 0 Å². The van der Waals surface area contributed by atoms with Crippen molar-refractivity contribution >= 4 is 41.0 Å². The first-order valence-corrected chi connectivity index (χ1v) is 25.3. The van der Waals surface area contributed by atoms with Gasteiger partial charge in [-0.15, -0.1) is 23.1 Å². The number of hydrogen-bond acceptors (Lipinski definition) is 10. The molecule has 4 atom stereocenters. The number of unbranched alkanes of at least 4 members (excludes halogenated alkanes) is 5. The van der Waals surface area contributed by atoms with Gasteiger partial charge in [0.25, 0.3) is 0 Å². The number of rotatable bonds is 22. The van der Waals surface area contributed by atoms with Crippen molar-refractivity contribution in [3.63, 3.8) is 0 Å². The van der Waals surface area contributed by atoms with Crippen molar-refractivity contribution < 1.29 is 29.3 Å². The molecule has 67 heavy (non-hydrogen) atoms. The van der Waals surface area contributed by atoms with Gasteiger partial charge in [0.2, 0.25) is 11.8 Å². The van der Waals surface area contributed by atoms with Crippen LogP contribution < -0.4 is 16.0 Å². The van der Waals surface area contributed by atoms with Crippen LogP contribution in [-0.4, -0.2) is 85.9 Å². The molecule has 4 aromatic carbocycles. The van der Waals surface area contributed by atoms with Gasteiger partial charge < -0.3 is 30.5 Å². The maximum absolute atomic E-state index is 15.4. The summed E-state index contributed by atoms with van der Waals surface area (Å²) in [6, 6.07) is 37.0. The van der Waals surface area contributed by atoms with Crippen molar-refractivity contribution in [3.8, 4) is 10.4 Å². The number of aromatic nitrogens is 1. The molecule has 2 heterocycles. The van der Waals surface area contributed by atoms with Crippen LogP contribution in [0.25, 0.3) is 10.4 Å².